The Kier molecular flexibility index (Phi) is 5.12. The maximum Gasteiger partial charge on any atom is 0.274 e. The number of aromatic nitrogens is 2. The van der Waals surface area contributed by atoms with Gasteiger partial charge in [0.15, 0.2) is 0 Å². The molecule has 0 atom stereocenters. The summed E-state index contributed by atoms with van der Waals surface area (Å²) in [6.45, 7) is 3.93. The van der Waals surface area contributed by atoms with Crippen molar-refractivity contribution in [3.8, 4) is 5.75 Å². The minimum absolute atomic E-state index is 0.276. The minimum atomic E-state index is -0.288. The summed E-state index contributed by atoms with van der Waals surface area (Å²) in [7, 11) is 1.59. The van der Waals surface area contributed by atoms with Crippen molar-refractivity contribution in [2.24, 2.45) is 0 Å². The van der Waals surface area contributed by atoms with Gasteiger partial charge >= 0.3 is 0 Å². The molecule has 0 saturated carbocycles. The molecule has 3 rings (SSSR count). The van der Waals surface area contributed by atoms with Crippen molar-refractivity contribution < 1.29 is 9.53 Å². The van der Waals surface area contributed by atoms with Crippen molar-refractivity contribution in [3.63, 3.8) is 0 Å². The normalized spacial score (nSPS) is 10.3. The number of amides is 1. The Morgan fingerprint density at radius 3 is 2.65 bits per heavy atom. The molecule has 2 aromatic carbocycles. The largest absolute Gasteiger partial charge is 0.495 e. The molecule has 0 spiro atoms. The highest BCUT2D eigenvalue weighted by atomic mass is 16.5. The molecular formula is C20H20N4O2. The van der Waals surface area contributed by atoms with E-state index < -0.39 is 0 Å². The number of carbonyl (C=O) groups excluding carboxylic acids is 1. The highest BCUT2D eigenvalue weighted by molar-refractivity contribution is 6.03. The molecular weight excluding hydrogens is 328 g/mol. The smallest absolute Gasteiger partial charge is 0.274 e. The molecule has 0 bridgehead atoms. The van der Waals surface area contributed by atoms with E-state index in [1.165, 1.54) is 0 Å². The first kappa shape index (κ1) is 17.4. The summed E-state index contributed by atoms with van der Waals surface area (Å²) in [6.07, 6.45) is 1.54. The fourth-order valence-corrected chi connectivity index (χ4v) is 2.47. The van der Waals surface area contributed by atoms with Gasteiger partial charge in [-0.1, -0.05) is 24.3 Å². The second-order valence-corrected chi connectivity index (χ2v) is 5.86. The van der Waals surface area contributed by atoms with E-state index in [0.29, 0.717) is 11.7 Å². The molecule has 1 heterocycles. The van der Waals surface area contributed by atoms with Crippen molar-refractivity contribution >= 4 is 23.2 Å². The third-order valence-corrected chi connectivity index (χ3v) is 3.88. The number of hydrogen-bond acceptors (Lipinski definition) is 5. The van der Waals surface area contributed by atoms with Crippen LogP contribution in [0.4, 0.5) is 17.3 Å². The van der Waals surface area contributed by atoms with Crippen LogP contribution in [0.1, 0.15) is 21.6 Å². The predicted molar refractivity (Wildman–Crippen MR) is 102 cm³/mol. The molecule has 1 amide bonds. The lowest BCUT2D eigenvalue weighted by Gasteiger charge is -2.11. The van der Waals surface area contributed by atoms with Crippen LogP contribution in [0.25, 0.3) is 0 Å². The molecule has 6 heteroatoms. The molecule has 3 aromatic rings. The quantitative estimate of drug-likeness (QED) is 0.726. The molecule has 132 valence electrons. The van der Waals surface area contributed by atoms with Crippen LogP contribution in [-0.4, -0.2) is 23.0 Å². The number of aryl methyl sites for hydroxylation is 2. The number of nitrogens with zero attached hydrogens (tertiary/aromatic N) is 2. The predicted octanol–water partition coefficient (Wildman–Crippen LogP) is 4.10. The molecule has 0 saturated heterocycles. The molecule has 6 nitrogen and oxygen atoms in total. The zero-order valence-electron chi connectivity index (χ0n) is 14.9. The monoisotopic (exact) mass is 348 g/mol. The Morgan fingerprint density at radius 2 is 1.85 bits per heavy atom. The van der Waals surface area contributed by atoms with Crippen molar-refractivity contribution in [2.75, 3.05) is 17.7 Å². The van der Waals surface area contributed by atoms with Gasteiger partial charge in [0, 0.05) is 11.9 Å². The molecule has 2 N–H and O–H groups in total. The Hall–Kier alpha value is -3.41. The van der Waals surface area contributed by atoms with Gasteiger partial charge in [-0.3, -0.25) is 4.79 Å². The summed E-state index contributed by atoms with van der Waals surface area (Å²) in [5.74, 6) is 0.702. The topological polar surface area (TPSA) is 76.1 Å². The molecule has 0 aliphatic carbocycles. The first-order valence-corrected chi connectivity index (χ1v) is 8.18. The van der Waals surface area contributed by atoms with Crippen molar-refractivity contribution in [1.29, 1.82) is 0 Å². The Balaban J connectivity index is 1.80. The van der Waals surface area contributed by atoms with E-state index in [2.05, 4.69) is 20.6 Å². The molecule has 1 aromatic heterocycles. The summed E-state index contributed by atoms with van der Waals surface area (Å²) in [6, 6.07) is 14.9. The van der Waals surface area contributed by atoms with Gasteiger partial charge in [-0.05, 0) is 49.2 Å². The van der Waals surface area contributed by atoms with E-state index in [9.17, 15) is 4.79 Å². The van der Waals surface area contributed by atoms with Gasteiger partial charge in [0.05, 0.1) is 12.8 Å². The summed E-state index contributed by atoms with van der Waals surface area (Å²) in [5, 5.41) is 5.98. The Labute approximate surface area is 152 Å². The number of nitrogens with one attached hydrogen (secondary N) is 2. The van der Waals surface area contributed by atoms with E-state index in [-0.39, 0.29) is 11.6 Å². The Morgan fingerprint density at radius 1 is 1.04 bits per heavy atom. The van der Waals surface area contributed by atoms with Crippen LogP contribution in [-0.2, 0) is 0 Å². The zero-order valence-corrected chi connectivity index (χ0v) is 14.9. The summed E-state index contributed by atoms with van der Waals surface area (Å²) < 4.78 is 5.30. The van der Waals surface area contributed by atoms with E-state index >= 15 is 0 Å². The van der Waals surface area contributed by atoms with Gasteiger partial charge in [-0.25, -0.2) is 9.97 Å². The minimum Gasteiger partial charge on any atom is -0.495 e. The first-order chi connectivity index (χ1) is 12.6. The maximum absolute atomic E-state index is 12.6. The molecule has 0 fully saturated rings. The lowest BCUT2D eigenvalue weighted by molar-refractivity contribution is 0.102. The van der Waals surface area contributed by atoms with Crippen LogP contribution in [0.2, 0.25) is 0 Å². The molecule has 0 aliphatic rings. The van der Waals surface area contributed by atoms with Crippen LogP contribution in [0.3, 0.4) is 0 Å². The van der Waals surface area contributed by atoms with Crippen molar-refractivity contribution in [2.45, 2.75) is 13.8 Å². The number of ether oxygens (including phenoxy) is 1. The fraction of sp³-hybridized carbons (Fsp3) is 0.150. The number of methoxy groups -OCH3 is 1. The number of para-hydroxylation sites is 2. The zero-order chi connectivity index (χ0) is 18.5. The second-order valence-electron chi connectivity index (χ2n) is 5.86. The highest BCUT2D eigenvalue weighted by Crippen LogP contribution is 2.25. The average molecular weight is 348 g/mol. The van der Waals surface area contributed by atoms with E-state index in [0.717, 1.165) is 22.5 Å². The Bertz CT molecular complexity index is 941. The third-order valence-electron chi connectivity index (χ3n) is 3.88. The van der Waals surface area contributed by atoms with Gasteiger partial charge < -0.3 is 15.4 Å². The highest BCUT2D eigenvalue weighted by Gasteiger charge is 2.12. The lowest BCUT2D eigenvalue weighted by Crippen LogP contribution is -2.15. The third kappa shape index (κ3) is 3.97. The number of benzene rings is 2. The van der Waals surface area contributed by atoms with Crippen LogP contribution in [0, 0.1) is 13.8 Å². The second kappa shape index (κ2) is 7.65. The average Bonchev–Trinajstić information content (AvgIpc) is 2.65. The molecule has 26 heavy (non-hydrogen) atoms. The van der Waals surface area contributed by atoms with E-state index in [1.54, 1.807) is 19.4 Å². The molecule has 0 unspecified atom stereocenters. The number of rotatable bonds is 5. The molecule has 0 aliphatic heterocycles. The van der Waals surface area contributed by atoms with E-state index in [4.69, 9.17) is 4.74 Å². The van der Waals surface area contributed by atoms with Crippen molar-refractivity contribution in [3.05, 3.63) is 71.5 Å². The van der Waals surface area contributed by atoms with Gasteiger partial charge in [0.1, 0.15) is 11.4 Å². The van der Waals surface area contributed by atoms with Crippen LogP contribution < -0.4 is 15.4 Å². The first-order valence-electron chi connectivity index (χ1n) is 8.18. The van der Waals surface area contributed by atoms with Gasteiger partial charge in [0.25, 0.3) is 5.91 Å². The van der Waals surface area contributed by atoms with Crippen LogP contribution in [0.5, 0.6) is 5.75 Å². The van der Waals surface area contributed by atoms with Crippen LogP contribution >= 0.6 is 0 Å². The number of hydrogen-bond donors (Lipinski definition) is 2. The maximum atomic E-state index is 12.6. The molecule has 0 radical (unpaired) electrons. The standard InChI is InChI=1S/C20H20N4O2/c1-13-8-9-14(2)17(12-13)22-19(25)16-10-11-21-20(24-16)23-15-6-4-5-7-18(15)26-3/h4-12H,1-3H3,(H,22,25)(H,21,23,24). The van der Waals surface area contributed by atoms with Gasteiger partial charge in [-0.2, -0.15) is 0 Å². The van der Waals surface area contributed by atoms with Crippen LogP contribution in [0.15, 0.2) is 54.7 Å². The lowest BCUT2D eigenvalue weighted by atomic mass is 10.1. The summed E-state index contributed by atoms with van der Waals surface area (Å²) >= 11 is 0. The summed E-state index contributed by atoms with van der Waals surface area (Å²) in [4.78, 5) is 21.0. The fourth-order valence-electron chi connectivity index (χ4n) is 2.47. The number of anilines is 3. The van der Waals surface area contributed by atoms with E-state index in [1.807, 2.05) is 56.3 Å². The van der Waals surface area contributed by atoms with Gasteiger partial charge in [0.2, 0.25) is 5.95 Å². The summed E-state index contributed by atoms with van der Waals surface area (Å²) in [5.41, 5.74) is 3.84. The van der Waals surface area contributed by atoms with Gasteiger partial charge in [-0.15, -0.1) is 0 Å². The SMILES string of the molecule is COc1ccccc1Nc1nccc(C(=O)Nc2cc(C)ccc2C)n1. The number of carbonyl (C=O) groups is 1. The van der Waals surface area contributed by atoms with Crippen molar-refractivity contribution in [1.82, 2.24) is 9.97 Å².